The first-order valence-electron chi connectivity index (χ1n) is 6.05. The highest BCUT2D eigenvalue weighted by Crippen LogP contribution is 2.14. The number of H-pyrrole nitrogens is 1. The molecule has 0 aliphatic heterocycles. The van der Waals surface area contributed by atoms with Crippen LogP contribution < -0.4 is 15.5 Å². The number of carbonyl (C=O) groups is 1. The Hall–Kier alpha value is -2.70. The molecule has 2 rings (SSSR count). The smallest absolute Gasteiger partial charge is 0.387 e. The summed E-state index contributed by atoms with van der Waals surface area (Å²) in [5, 5.41) is 2.57. The molecule has 110 valence electrons. The number of benzene rings is 1. The van der Waals surface area contributed by atoms with Crippen LogP contribution in [0.3, 0.4) is 0 Å². The standard InChI is InChI=1S/C14H12F2N2O3/c15-14(16)21-10-3-1-9(2-4-10)7-18-13(20)11-8-17-6-5-12(11)19/h1-6,8,14H,7H2,(H,17,19)(H,18,20). The average molecular weight is 294 g/mol. The maximum Gasteiger partial charge on any atom is 0.387 e. The third-order valence-electron chi connectivity index (χ3n) is 2.67. The third-order valence-corrected chi connectivity index (χ3v) is 2.67. The minimum absolute atomic E-state index is 0.00940. The van der Waals surface area contributed by atoms with E-state index in [2.05, 4.69) is 15.0 Å². The quantitative estimate of drug-likeness (QED) is 0.885. The van der Waals surface area contributed by atoms with Crippen molar-refractivity contribution in [3.8, 4) is 5.75 Å². The Morgan fingerprint density at radius 3 is 2.57 bits per heavy atom. The van der Waals surface area contributed by atoms with Crippen molar-refractivity contribution in [3.05, 3.63) is 64.1 Å². The number of amides is 1. The van der Waals surface area contributed by atoms with Crippen LogP contribution in [0.1, 0.15) is 15.9 Å². The summed E-state index contributed by atoms with van der Waals surface area (Å²) in [5.41, 5.74) is 0.319. The minimum Gasteiger partial charge on any atom is -0.435 e. The molecule has 0 saturated carbocycles. The molecule has 7 heteroatoms. The van der Waals surface area contributed by atoms with Gasteiger partial charge in [0.25, 0.3) is 5.91 Å². The van der Waals surface area contributed by atoms with Crippen LogP contribution in [-0.2, 0) is 6.54 Å². The molecular formula is C14H12F2N2O3. The van der Waals surface area contributed by atoms with E-state index in [1.54, 1.807) is 12.1 Å². The summed E-state index contributed by atoms with van der Waals surface area (Å²) >= 11 is 0. The van der Waals surface area contributed by atoms with Crippen LogP contribution >= 0.6 is 0 Å². The van der Waals surface area contributed by atoms with E-state index in [-0.39, 0.29) is 23.3 Å². The molecule has 1 heterocycles. The summed E-state index contributed by atoms with van der Waals surface area (Å²) in [6.45, 7) is -2.71. The van der Waals surface area contributed by atoms with E-state index >= 15 is 0 Å². The second-order valence-corrected chi connectivity index (χ2v) is 4.13. The molecule has 1 amide bonds. The van der Waals surface area contributed by atoms with Gasteiger partial charge in [-0.15, -0.1) is 0 Å². The fourth-order valence-electron chi connectivity index (χ4n) is 1.66. The Morgan fingerprint density at radius 1 is 1.24 bits per heavy atom. The summed E-state index contributed by atoms with van der Waals surface area (Å²) in [4.78, 5) is 25.9. The van der Waals surface area contributed by atoms with E-state index in [4.69, 9.17) is 0 Å². The van der Waals surface area contributed by atoms with Gasteiger partial charge in [-0.2, -0.15) is 8.78 Å². The highest BCUT2D eigenvalue weighted by molar-refractivity contribution is 5.93. The zero-order valence-electron chi connectivity index (χ0n) is 10.8. The predicted octanol–water partition coefficient (Wildman–Crippen LogP) is 1.91. The van der Waals surface area contributed by atoms with Gasteiger partial charge in [0.1, 0.15) is 11.3 Å². The van der Waals surface area contributed by atoms with Gasteiger partial charge >= 0.3 is 6.61 Å². The number of hydrogen-bond donors (Lipinski definition) is 2. The number of alkyl halides is 2. The molecule has 1 aromatic carbocycles. The molecule has 2 aromatic rings. The normalized spacial score (nSPS) is 10.4. The minimum atomic E-state index is -2.87. The molecule has 2 N–H and O–H groups in total. The lowest BCUT2D eigenvalue weighted by Gasteiger charge is -2.07. The molecule has 21 heavy (non-hydrogen) atoms. The second kappa shape index (κ2) is 6.65. The number of rotatable bonds is 5. The monoisotopic (exact) mass is 294 g/mol. The fraction of sp³-hybridized carbons (Fsp3) is 0.143. The molecular weight excluding hydrogens is 282 g/mol. The molecule has 1 aromatic heterocycles. The third kappa shape index (κ3) is 4.13. The van der Waals surface area contributed by atoms with Gasteiger partial charge in [-0.25, -0.2) is 0 Å². The Balaban J connectivity index is 1.95. The highest BCUT2D eigenvalue weighted by atomic mass is 19.3. The van der Waals surface area contributed by atoms with Gasteiger partial charge in [0.05, 0.1) is 0 Å². The second-order valence-electron chi connectivity index (χ2n) is 4.13. The highest BCUT2D eigenvalue weighted by Gasteiger charge is 2.09. The van der Waals surface area contributed by atoms with Crippen LogP contribution in [0.25, 0.3) is 0 Å². The molecule has 0 saturated heterocycles. The van der Waals surface area contributed by atoms with Crippen LogP contribution in [-0.4, -0.2) is 17.5 Å². The molecule has 0 atom stereocenters. The van der Waals surface area contributed by atoms with E-state index in [0.717, 1.165) is 0 Å². The summed E-state index contributed by atoms with van der Waals surface area (Å²) in [6, 6.07) is 7.11. The van der Waals surface area contributed by atoms with Crippen molar-refractivity contribution in [2.45, 2.75) is 13.2 Å². The van der Waals surface area contributed by atoms with E-state index in [9.17, 15) is 18.4 Å². The Bertz CT molecular complexity index is 668. The molecule has 5 nitrogen and oxygen atoms in total. The van der Waals surface area contributed by atoms with Gasteiger partial charge in [-0.3, -0.25) is 9.59 Å². The lowest BCUT2D eigenvalue weighted by Crippen LogP contribution is -2.27. The van der Waals surface area contributed by atoms with Crippen LogP contribution in [0, 0.1) is 0 Å². The summed E-state index contributed by atoms with van der Waals surface area (Å²) in [7, 11) is 0. The number of aromatic amines is 1. The van der Waals surface area contributed by atoms with Crippen LogP contribution in [0.2, 0.25) is 0 Å². The fourth-order valence-corrected chi connectivity index (χ4v) is 1.66. The number of halogens is 2. The number of nitrogens with one attached hydrogen (secondary N) is 2. The Morgan fingerprint density at radius 2 is 1.95 bits per heavy atom. The van der Waals surface area contributed by atoms with Gasteiger partial charge < -0.3 is 15.0 Å². The average Bonchev–Trinajstić information content (AvgIpc) is 2.46. The van der Waals surface area contributed by atoms with E-state index < -0.39 is 12.5 Å². The molecule has 0 unspecified atom stereocenters. The lowest BCUT2D eigenvalue weighted by atomic mass is 10.2. The first kappa shape index (κ1) is 14.7. The van der Waals surface area contributed by atoms with Crippen molar-refractivity contribution in [2.24, 2.45) is 0 Å². The first-order chi connectivity index (χ1) is 10.1. The summed E-state index contributed by atoms with van der Waals surface area (Å²) in [5.74, 6) is -0.468. The number of pyridine rings is 1. The molecule has 0 radical (unpaired) electrons. The maximum absolute atomic E-state index is 12.0. The van der Waals surface area contributed by atoms with Crippen molar-refractivity contribution in [2.75, 3.05) is 0 Å². The topological polar surface area (TPSA) is 71.2 Å². The van der Waals surface area contributed by atoms with E-state index in [1.165, 1.54) is 30.6 Å². The lowest BCUT2D eigenvalue weighted by molar-refractivity contribution is -0.0498. The van der Waals surface area contributed by atoms with Crippen molar-refractivity contribution < 1.29 is 18.3 Å². The number of ether oxygens (including phenoxy) is 1. The van der Waals surface area contributed by atoms with Crippen molar-refractivity contribution in [1.82, 2.24) is 10.3 Å². The Labute approximate surface area is 118 Å². The molecule has 0 spiro atoms. The molecule has 0 aliphatic rings. The molecule has 0 bridgehead atoms. The summed E-state index contributed by atoms with van der Waals surface area (Å²) < 4.78 is 28.2. The molecule has 0 fully saturated rings. The van der Waals surface area contributed by atoms with E-state index in [0.29, 0.717) is 5.56 Å². The van der Waals surface area contributed by atoms with Crippen molar-refractivity contribution in [3.63, 3.8) is 0 Å². The number of carbonyl (C=O) groups excluding carboxylic acids is 1. The predicted molar refractivity (Wildman–Crippen MR) is 71.3 cm³/mol. The SMILES string of the molecule is O=C(NCc1ccc(OC(F)F)cc1)c1c[nH]ccc1=O. The maximum atomic E-state index is 12.0. The van der Waals surface area contributed by atoms with Gasteiger partial charge in [0.2, 0.25) is 0 Å². The first-order valence-corrected chi connectivity index (χ1v) is 6.05. The Kier molecular flexibility index (Phi) is 4.65. The van der Waals surface area contributed by atoms with Crippen molar-refractivity contribution >= 4 is 5.91 Å². The van der Waals surface area contributed by atoms with Crippen LogP contribution in [0.5, 0.6) is 5.75 Å². The van der Waals surface area contributed by atoms with Crippen LogP contribution in [0.4, 0.5) is 8.78 Å². The van der Waals surface area contributed by atoms with Gasteiger partial charge in [-0.1, -0.05) is 12.1 Å². The van der Waals surface area contributed by atoms with Gasteiger partial charge in [0, 0.05) is 25.0 Å². The van der Waals surface area contributed by atoms with Crippen LogP contribution in [0.15, 0.2) is 47.5 Å². The largest absolute Gasteiger partial charge is 0.435 e. The van der Waals surface area contributed by atoms with Crippen molar-refractivity contribution in [1.29, 1.82) is 0 Å². The van der Waals surface area contributed by atoms with Gasteiger partial charge in [-0.05, 0) is 17.7 Å². The van der Waals surface area contributed by atoms with Gasteiger partial charge in [0.15, 0.2) is 5.43 Å². The number of aromatic nitrogens is 1. The molecule has 0 aliphatic carbocycles. The number of hydrogen-bond acceptors (Lipinski definition) is 3. The zero-order valence-corrected chi connectivity index (χ0v) is 10.8. The van der Waals surface area contributed by atoms with E-state index in [1.807, 2.05) is 0 Å². The zero-order chi connectivity index (χ0) is 15.2. The summed E-state index contributed by atoms with van der Waals surface area (Å²) in [6.07, 6.45) is 2.75.